The molecule has 5 nitrogen and oxygen atoms in total. The summed E-state index contributed by atoms with van der Waals surface area (Å²) in [7, 11) is 0. The number of hydrogen-bond acceptors (Lipinski definition) is 3. The maximum atomic E-state index is 12.6. The normalized spacial score (nSPS) is 16.2. The maximum Gasteiger partial charge on any atom is 0.233 e. The van der Waals surface area contributed by atoms with Crippen molar-refractivity contribution in [3.8, 4) is 5.75 Å². The van der Waals surface area contributed by atoms with Crippen LogP contribution in [0.4, 0.5) is 5.69 Å². The first-order valence-electron chi connectivity index (χ1n) is 7.04. The minimum atomic E-state index is -0.397. The number of nitrogens with one attached hydrogen (secondary N) is 1. The molecule has 2 aromatic rings. The van der Waals surface area contributed by atoms with Gasteiger partial charge >= 0.3 is 0 Å². The first-order chi connectivity index (χ1) is 9.94. The lowest BCUT2D eigenvalue weighted by molar-refractivity contribution is -0.119. The van der Waals surface area contributed by atoms with Crippen molar-refractivity contribution in [1.29, 1.82) is 0 Å². The Bertz CT molecular complexity index is 676. The number of nitrogens with zero attached hydrogens (tertiary/aromatic N) is 2. The highest BCUT2D eigenvalue weighted by atomic mass is 16.5. The number of anilines is 1. The zero-order valence-corrected chi connectivity index (χ0v) is 12.5. The Kier molecular flexibility index (Phi) is 3.20. The number of fused-ring (bicyclic) bond motifs is 1. The first kappa shape index (κ1) is 13.7. The van der Waals surface area contributed by atoms with Crippen molar-refractivity contribution >= 4 is 11.6 Å². The van der Waals surface area contributed by atoms with E-state index in [1.165, 1.54) is 0 Å². The van der Waals surface area contributed by atoms with Crippen molar-refractivity contribution in [3.63, 3.8) is 0 Å². The third-order valence-corrected chi connectivity index (χ3v) is 3.47. The number of amides is 1. The van der Waals surface area contributed by atoms with Crippen molar-refractivity contribution in [3.05, 3.63) is 41.7 Å². The van der Waals surface area contributed by atoms with Crippen LogP contribution in [0.1, 0.15) is 25.2 Å². The molecule has 21 heavy (non-hydrogen) atoms. The second-order valence-electron chi connectivity index (χ2n) is 6.03. The van der Waals surface area contributed by atoms with Gasteiger partial charge in [-0.2, -0.15) is 5.10 Å². The van der Waals surface area contributed by atoms with Gasteiger partial charge in [0.05, 0.1) is 24.3 Å². The molecule has 0 unspecified atom stereocenters. The number of aromatic amines is 1. The smallest absolute Gasteiger partial charge is 0.233 e. The number of aromatic nitrogens is 2. The Balaban J connectivity index is 1.88. The number of rotatable bonds is 2. The van der Waals surface area contributed by atoms with Crippen LogP contribution in [0, 0.1) is 6.92 Å². The van der Waals surface area contributed by atoms with Crippen LogP contribution in [0.5, 0.6) is 5.75 Å². The fourth-order valence-electron chi connectivity index (χ4n) is 2.60. The van der Waals surface area contributed by atoms with E-state index in [1.54, 1.807) is 4.90 Å². The Labute approximate surface area is 123 Å². The number of benzene rings is 1. The van der Waals surface area contributed by atoms with Gasteiger partial charge in [0.2, 0.25) is 5.91 Å². The Morgan fingerprint density at radius 2 is 2.19 bits per heavy atom. The van der Waals surface area contributed by atoms with Crippen molar-refractivity contribution in [2.75, 3.05) is 11.4 Å². The van der Waals surface area contributed by atoms with E-state index in [-0.39, 0.29) is 12.3 Å². The SMILES string of the molecule is Cc1cc(CC(=O)N2CC(C)(C)Oc3ccccc32)n[nH]1. The van der Waals surface area contributed by atoms with E-state index in [1.807, 2.05) is 51.1 Å². The van der Waals surface area contributed by atoms with Crippen LogP contribution < -0.4 is 9.64 Å². The molecular weight excluding hydrogens is 266 g/mol. The summed E-state index contributed by atoms with van der Waals surface area (Å²) in [4.78, 5) is 14.4. The summed E-state index contributed by atoms with van der Waals surface area (Å²) < 4.78 is 5.94. The highest BCUT2D eigenvalue weighted by Crippen LogP contribution is 2.36. The van der Waals surface area contributed by atoms with Crippen molar-refractivity contribution in [2.24, 2.45) is 0 Å². The van der Waals surface area contributed by atoms with Gasteiger partial charge in [0.25, 0.3) is 0 Å². The highest BCUT2D eigenvalue weighted by Gasteiger charge is 2.34. The molecule has 1 aliphatic rings. The summed E-state index contributed by atoms with van der Waals surface area (Å²) in [5, 5.41) is 7.01. The van der Waals surface area contributed by atoms with Crippen molar-refractivity contribution in [2.45, 2.75) is 32.8 Å². The number of carbonyl (C=O) groups is 1. The summed E-state index contributed by atoms with van der Waals surface area (Å²) in [6, 6.07) is 9.54. The number of carbonyl (C=O) groups excluding carboxylic acids is 1. The van der Waals surface area contributed by atoms with E-state index in [4.69, 9.17) is 4.74 Å². The molecule has 110 valence electrons. The fraction of sp³-hybridized carbons (Fsp3) is 0.375. The predicted octanol–water partition coefficient (Wildman–Crippen LogP) is 2.46. The summed E-state index contributed by atoms with van der Waals surface area (Å²) in [5.41, 5.74) is 2.15. The van der Waals surface area contributed by atoms with E-state index in [2.05, 4.69) is 10.2 Å². The zero-order valence-electron chi connectivity index (χ0n) is 12.5. The molecule has 0 bridgehead atoms. The molecule has 3 rings (SSSR count). The van der Waals surface area contributed by atoms with Crippen LogP contribution in [0.3, 0.4) is 0 Å². The predicted molar refractivity (Wildman–Crippen MR) is 80.5 cm³/mol. The standard InChI is InChI=1S/C16H19N3O2/c1-11-8-12(18-17-11)9-15(20)19-10-16(2,3)21-14-7-5-4-6-13(14)19/h4-8H,9-10H2,1-3H3,(H,17,18). The van der Waals surface area contributed by atoms with E-state index < -0.39 is 5.60 Å². The van der Waals surface area contributed by atoms with E-state index >= 15 is 0 Å². The number of hydrogen-bond donors (Lipinski definition) is 1. The third-order valence-electron chi connectivity index (χ3n) is 3.47. The van der Waals surface area contributed by atoms with Crippen LogP contribution in [0.15, 0.2) is 30.3 Å². The van der Waals surface area contributed by atoms with Gasteiger partial charge in [-0.15, -0.1) is 0 Å². The molecule has 1 amide bonds. The average Bonchev–Trinajstić information content (AvgIpc) is 2.82. The van der Waals surface area contributed by atoms with Gasteiger partial charge in [-0.1, -0.05) is 12.1 Å². The molecule has 0 spiro atoms. The quantitative estimate of drug-likeness (QED) is 0.922. The van der Waals surface area contributed by atoms with E-state index in [0.29, 0.717) is 6.54 Å². The lowest BCUT2D eigenvalue weighted by Crippen LogP contribution is -2.49. The summed E-state index contributed by atoms with van der Waals surface area (Å²) >= 11 is 0. The molecule has 0 aliphatic carbocycles. The number of para-hydroxylation sites is 2. The lowest BCUT2D eigenvalue weighted by atomic mass is 10.0. The number of ether oxygens (including phenoxy) is 1. The van der Waals surface area contributed by atoms with Gasteiger partial charge in [0.15, 0.2) is 0 Å². The molecule has 0 fully saturated rings. The second-order valence-corrected chi connectivity index (χ2v) is 6.03. The molecule has 0 radical (unpaired) electrons. The van der Waals surface area contributed by atoms with Crippen molar-refractivity contribution in [1.82, 2.24) is 10.2 Å². The summed E-state index contributed by atoms with van der Waals surface area (Å²) in [5.74, 6) is 0.783. The molecule has 0 saturated carbocycles. The zero-order chi connectivity index (χ0) is 15.0. The Hall–Kier alpha value is -2.30. The van der Waals surface area contributed by atoms with Crippen LogP contribution in [-0.4, -0.2) is 28.3 Å². The lowest BCUT2D eigenvalue weighted by Gasteiger charge is -2.39. The van der Waals surface area contributed by atoms with Gasteiger partial charge in [-0.05, 0) is 39.0 Å². The largest absolute Gasteiger partial charge is 0.484 e. The second kappa shape index (κ2) is 4.91. The first-order valence-corrected chi connectivity index (χ1v) is 7.04. The summed E-state index contributed by atoms with van der Waals surface area (Å²) in [6.07, 6.45) is 0.286. The molecule has 2 heterocycles. The number of aryl methyl sites for hydroxylation is 1. The average molecular weight is 285 g/mol. The van der Waals surface area contributed by atoms with Crippen LogP contribution in [0.25, 0.3) is 0 Å². The van der Waals surface area contributed by atoms with Gasteiger partial charge in [-0.3, -0.25) is 9.89 Å². The molecule has 1 aromatic heterocycles. The van der Waals surface area contributed by atoms with Gasteiger partial charge in [0.1, 0.15) is 11.4 Å². The van der Waals surface area contributed by atoms with Crippen LogP contribution >= 0.6 is 0 Å². The molecule has 5 heteroatoms. The molecule has 1 aromatic carbocycles. The number of H-pyrrole nitrogens is 1. The summed E-state index contributed by atoms with van der Waals surface area (Å²) in [6.45, 7) is 6.43. The monoisotopic (exact) mass is 285 g/mol. The Morgan fingerprint density at radius 1 is 1.43 bits per heavy atom. The molecule has 1 N–H and O–H groups in total. The van der Waals surface area contributed by atoms with E-state index in [0.717, 1.165) is 22.8 Å². The molecule has 1 aliphatic heterocycles. The third kappa shape index (κ3) is 2.77. The van der Waals surface area contributed by atoms with Gasteiger partial charge in [0, 0.05) is 5.69 Å². The van der Waals surface area contributed by atoms with E-state index in [9.17, 15) is 4.79 Å². The maximum absolute atomic E-state index is 12.6. The molecule has 0 saturated heterocycles. The molecular formula is C16H19N3O2. The minimum Gasteiger partial charge on any atom is -0.484 e. The van der Waals surface area contributed by atoms with Gasteiger partial charge < -0.3 is 9.64 Å². The topological polar surface area (TPSA) is 58.2 Å². The molecule has 0 atom stereocenters. The van der Waals surface area contributed by atoms with Crippen LogP contribution in [0.2, 0.25) is 0 Å². The fourth-order valence-corrected chi connectivity index (χ4v) is 2.60. The highest BCUT2D eigenvalue weighted by molar-refractivity contribution is 5.96. The Morgan fingerprint density at radius 3 is 2.90 bits per heavy atom. The van der Waals surface area contributed by atoms with Crippen LogP contribution in [-0.2, 0) is 11.2 Å². The minimum absolute atomic E-state index is 0.0327. The van der Waals surface area contributed by atoms with Gasteiger partial charge in [-0.25, -0.2) is 0 Å². The van der Waals surface area contributed by atoms with Crippen molar-refractivity contribution < 1.29 is 9.53 Å².